The van der Waals surface area contributed by atoms with E-state index in [1.54, 1.807) is 12.1 Å². The number of non-ortho nitro benzene ring substituents is 1. The van der Waals surface area contributed by atoms with Gasteiger partial charge in [0.15, 0.2) is 0 Å². The average Bonchev–Trinajstić information content (AvgIpc) is 2.50. The van der Waals surface area contributed by atoms with Crippen molar-refractivity contribution in [2.24, 2.45) is 11.8 Å². The topological polar surface area (TPSA) is 89.5 Å². The molecule has 2 rings (SSSR count). The van der Waals surface area contributed by atoms with Gasteiger partial charge in [-0.25, -0.2) is 0 Å². The summed E-state index contributed by atoms with van der Waals surface area (Å²) < 4.78 is 0. The number of hydrogen-bond acceptors (Lipinski definition) is 5. The third kappa shape index (κ3) is 5.26. The smallest absolute Gasteiger partial charge is 0.269 e. The lowest BCUT2D eigenvalue weighted by Crippen LogP contribution is -2.39. The molecule has 0 unspecified atom stereocenters. The van der Waals surface area contributed by atoms with E-state index in [9.17, 15) is 20.2 Å². The number of rotatable bonds is 7. The van der Waals surface area contributed by atoms with Gasteiger partial charge in [-0.2, -0.15) is 0 Å². The maximum absolute atomic E-state index is 11.0. The standard InChI is InChI=1S/C17H25N3O4/c1-13-8-14(2)11-18(10-13)7-6-16(12-19(21)22)15-4-3-5-17(9-15)20(23)24/h3-5,9,13-14,16H,6-8,10-12H2,1-2H3/t13-,14-,16-/m0/s1. The van der Waals surface area contributed by atoms with Crippen LogP contribution in [-0.4, -0.2) is 40.9 Å². The quantitative estimate of drug-likeness (QED) is 0.563. The Kier molecular flexibility index (Phi) is 6.25. The van der Waals surface area contributed by atoms with Crippen LogP contribution in [0.3, 0.4) is 0 Å². The summed E-state index contributed by atoms with van der Waals surface area (Å²) >= 11 is 0. The summed E-state index contributed by atoms with van der Waals surface area (Å²) in [6, 6.07) is 6.24. The predicted octanol–water partition coefficient (Wildman–Crippen LogP) is 3.32. The van der Waals surface area contributed by atoms with Crippen molar-refractivity contribution < 1.29 is 9.85 Å². The van der Waals surface area contributed by atoms with Gasteiger partial charge >= 0.3 is 0 Å². The fourth-order valence-corrected chi connectivity index (χ4v) is 3.75. The molecule has 0 N–H and O–H groups in total. The number of nitrogens with zero attached hydrogens (tertiary/aromatic N) is 3. The number of nitro groups is 2. The maximum atomic E-state index is 11.0. The molecule has 24 heavy (non-hydrogen) atoms. The second-order valence-corrected chi connectivity index (χ2v) is 7.06. The van der Waals surface area contributed by atoms with E-state index in [0.717, 1.165) is 19.6 Å². The predicted molar refractivity (Wildman–Crippen MR) is 91.7 cm³/mol. The van der Waals surface area contributed by atoms with Crippen LogP contribution < -0.4 is 0 Å². The van der Waals surface area contributed by atoms with E-state index in [0.29, 0.717) is 23.8 Å². The second-order valence-electron chi connectivity index (χ2n) is 7.06. The lowest BCUT2D eigenvalue weighted by atomic mass is 9.90. The van der Waals surface area contributed by atoms with Crippen LogP contribution in [0.5, 0.6) is 0 Å². The van der Waals surface area contributed by atoms with Gasteiger partial charge in [0.05, 0.1) is 10.8 Å². The fourth-order valence-electron chi connectivity index (χ4n) is 3.75. The summed E-state index contributed by atoms with van der Waals surface area (Å²) in [5, 5.41) is 22.0. The molecular formula is C17H25N3O4. The highest BCUT2D eigenvalue weighted by molar-refractivity contribution is 5.36. The van der Waals surface area contributed by atoms with Crippen molar-refractivity contribution in [1.82, 2.24) is 4.90 Å². The van der Waals surface area contributed by atoms with E-state index in [4.69, 9.17) is 0 Å². The van der Waals surface area contributed by atoms with Crippen LogP contribution in [0.25, 0.3) is 0 Å². The molecule has 0 spiro atoms. The number of likely N-dealkylation sites (tertiary alicyclic amines) is 1. The Hall–Kier alpha value is -2.02. The Bertz CT molecular complexity index is 583. The van der Waals surface area contributed by atoms with Crippen LogP contribution in [0.4, 0.5) is 5.69 Å². The number of benzene rings is 1. The Morgan fingerprint density at radius 2 is 1.88 bits per heavy atom. The van der Waals surface area contributed by atoms with Crippen LogP contribution in [0.1, 0.15) is 38.2 Å². The molecule has 1 saturated heterocycles. The van der Waals surface area contributed by atoms with Crippen molar-refractivity contribution in [2.45, 2.75) is 32.6 Å². The third-order valence-corrected chi connectivity index (χ3v) is 4.66. The van der Waals surface area contributed by atoms with Crippen LogP contribution in [0.2, 0.25) is 0 Å². The Balaban J connectivity index is 2.07. The van der Waals surface area contributed by atoms with Crippen molar-refractivity contribution in [1.29, 1.82) is 0 Å². The Morgan fingerprint density at radius 1 is 1.21 bits per heavy atom. The van der Waals surface area contributed by atoms with E-state index in [1.165, 1.54) is 18.6 Å². The van der Waals surface area contributed by atoms with Gasteiger partial charge < -0.3 is 4.90 Å². The van der Waals surface area contributed by atoms with Crippen LogP contribution in [-0.2, 0) is 0 Å². The molecule has 132 valence electrons. The van der Waals surface area contributed by atoms with Crippen molar-refractivity contribution in [2.75, 3.05) is 26.2 Å². The molecule has 1 heterocycles. The number of hydrogen-bond donors (Lipinski definition) is 0. The van der Waals surface area contributed by atoms with E-state index in [2.05, 4.69) is 18.7 Å². The molecule has 0 bridgehead atoms. The van der Waals surface area contributed by atoms with Gasteiger partial charge in [-0.3, -0.25) is 20.2 Å². The van der Waals surface area contributed by atoms with Crippen molar-refractivity contribution >= 4 is 5.69 Å². The van der Waals surface area contributed by atoms with Crippen molar-refractivity contribution in [3.63, 3.8) is 0 Å². The van der Waals surface area contributed by atoms with E-state index in [-0.39, 0.29) is 23.1 Å². The number of piperidine rings is 1. The molecule has 0 radical (unpaired) electrons. The fraction of sp³-hybridized carbons (Fsp3) is 0.647. The minimum atomic E-state index is -0.458. The first kappa shape index (κ1) is 18.3. The molecule has 0 amide bonds. The summed E-state index contributed by atoms with van der Waals surface area (Å²) in [6.45, 7) is 7.10. The summed E-state index contributed by atoms with van der Waals surface area (Å²) in [7, 11) is 0. The van der Waals surface area contributed by atoms with Crippen molar-refractivity contribution in [3.05, 3.63) is 50.1 Å². The third-order valence-electron chi connectivity index (χ3n) is 4.66. The van der Waals surface area contributed by atoms with E-state index in [1.807, 2.05) is 0 Å². The monoisotopic (exact) mass is 335 g/mol. The minimum absolute atomic E-state index is 0.0129. The average molecular weight is 335 g/mol. The molecule has 1 aromatic rings. The lowest BCUT2D eigenvalue weighted by molar-refractivity contribution is -0.483. The van der Waals surface area contributed by atoms with Crippen LogP contribution in [0, 0.1) is 32.1 Å². The van der Waals surface area contributed by atoms with Gasteiger partial charge in [-0.1, -0.05) is 26.0 Å². The van der Waals surface area contributed by atoms with Gasteiger partial charge in [0.25, 0.3) is 5.69 Å². The zero-order valence-electron chi connectivity index (χ0n) is 14.3. The molecule has 3 atom stereocenters. The molecule has 1 aliphatic heterocycles. The highest BCUT2D eigenvalue weighted by Gasteiger charge is 2.25. The summed E-state index contributed by atoms with van der Waals surface area (Å²) in [6.07, 6.45) is 1.86. The largest absolute Gasteiger partial charge is 0.303 e. The van der Waals surface area contributed by atoms with Crippen LogP contribution in [0.15, 0.2) is 24.3 Å². The Morgan fingerprint density at radius 3 is 2.46 bits per heavy atom. The van der Waals surface area contributed by atoms with Crippen molar-refractivity contribution in [3.8, 4) is 0 Å². The van der Waals surface area contributed by atoms with Gasteiger partial charge in [0.2, 0.25) is 6.54 Å². The zero-order chi connectivity index (χ0) is 17.7. The summed E-state index contributed by atoms with van der Waals surface area (Å²) in [5.41, 5.74) is 0.667. The lowest BCUT2D eigenvalue weighted by Gasteiger charge is -2.35. The molecule has 1 aromatic carbocycles. The van der Waals surface area contributed by atoms with Crippen LogP contribution >= 0.6 is 0 Å². The first-order valence-electron chi connectivity index (χ1n) is 8.43. The highest BCUT2D eigenvalue weighted by atomic mass is 16.6. The first-order valence-corrected chi connectivity index (χ1v) is 8.43. The van der Waals surface area contributed by atoms with E-state index < -0.39 is 4.92 Å². The Labute approximate surface area is 142 Å². The summed E-state index contributed by atoms with van der Waals surface area (Å²) in [4.78, 5) is 23.5. The number of nitro benzene ring substituents is 1. The van der Waals surface area contributed by atoms with Gasteiger partial charge in [-0.05, 0) is 36.8 Å². The van der Waals surface area contributed by atoms with Gasteiger partial charge in [0, 0.05) is 30.1 Å². The van der Waals surface area contributed by atoms with Gasteiger partial charge in [-0.15, -0.1) is 0 Å². The molecule has 0 aromatic heterocycles. The molecule has 1 aliphatic rings. The first-order chi connectivity index (χ1) is 11.3. The molecular weight excluding hydrogens is 310 g/mol. The molecule has 1 fully saturated rings. The minimum Gasteiger partial charge on any atom is -0.303 e. The normalized spacial score (nSPS) is 22.9. The molecule has 0 saturated carbocycles. The SMILES string of the molecule is C[C@H]1C[C@H](C)CN(CC[C@@H](C[N+](=O)[O-])c2cccc([N+](=O)[O-])c2)C1. The van der Waals surface area contributed by atoms with E-state index >= 15 is 0 Å². The van der Waals surface area contributed by atoms with Gasteiger partial charge in [0.1, 0.15) is 0 Å². The zero-order valence-corrected chi connectivity index (χ0v) is 14.3. The molecule has 0 aliphatic carbocycles. The molecule has 7 nitrogen and oxygen atoms in total. The maximum Gasteiger partial charge on any atom is 0.269 e. The molecule has 7 heteroatoms. The highest BCUT2D eigenvalue weighted by Crippen LogP contribution is 2.26. The summed E-state index contributed by atoms with van der Waals surface area (Å²) in [5.74, 6) is 0.980. The second kappa shape index (κ2) is 8.19.